The summed E-state index contributed by atoms with van der Waals surface area (Å²) in [5, 5.41) is 3.03. The van der Waals surface area contributed by atoms with Gasteiger partial charge in [0, 0.05) is 14.1 Å². The quantitative estimate of drug-likeness (QED) is 0.736. The minimum atomic E-state index is -4.66. The minimum Gasteiger partial charge on any atom is -0.189 e. The zero-order chi connectivity index (χ0) is 12.7. The SMILES string of the molecule is CN(C)S(=O)(=O)n1cc(I)c(C(F)(F)F)n1. The van der Waals surface area contributed by atoms with Crippen LogP contribution in [0.2, 0.25) is 0 Å². The fourth-order valence-corrected chi connectivity index (χ4v) is 2.44. The Morgan fingerprint density at radius 2 is 1.94 bits per heavy atom. The fourth-order valence-electron chi connectivity index (χ4n) is 0.811. The van der Waals surface area contributed by atoms with E-state index in [1.807, 2.05) is 0 Å². The van der Waals surface area contributed by atoms with Crippen LogP contribution in [0.25, 0.3) is 0 Å². The van der Waals surface area contributed by atoms with Crippen LogP contribution in [0.4, 0.5) is 13.2 Å². The van der Waals surface area contributed by atoms with Crippen molar-refractivity contribution >= 4 is 32.8 Å². The molecule has 0 N–H and O–H groups in total. The molecule has 92 valence electrons. The predicted octanol–water partition coefficient (Wildman–Crippen LogP) is 1.16. The number of hydrogen-bond donors (Lipinski definition) is 0. The number of hydrogen-bond acceptors (Lipinski definition) is 3. The molecule has 1 heterocycles. The van der Waals surface area contributed by atoms with E-state index >= 15 is 0 Å². The standard InChI is InChI=1S/C6H7F3IN3O2S/c1-12(2)16(14,15)13-3-4(10)5(11-13)6(7,8)9/h3H,1-2H3. The van der Waals surface area contributed by atoms with Crippen molar-refractivity contribution in [2.45, 2.75) is 6.18 Å². The van der Waals surface area contributed by atoms with Crippen molar-refractivity contribution in [3.05, 3.63) is 15.5 Å². The third kappa shape index (κ3) is 2.48. The third-order valence-corrected chi connectivity index (χ3v) is 3.99. The summed E-state index contributed by atoms with van der Waals surface area (Å²) in [6, 6.07) is 0. The molecule has 5 nitrogen and oxygen atoms in total. The summed E-state index contributed by atoms with van der Waals surface area (Å²) in [4.78, 5) is 0. The molecule has 1 aromatic heterocycles. The number of nitrogens with zero attached hydrogens (tertiary/aromatic N) is 3. The Bertz CT molecular complexity index is 494. The topological polar surface area (TPSA) is 55.2 Å². The van der Waals surface area contributed by atoms with Crippen LogP contribution in [-0.2, 0) is 16.4 Å². The molecule has 0 aliphatic rings. The van der Waals surface area contributed by atoms with Crippen LogP contribution in [0.5, 0.6) is 0 Å². The van der Waals surface area contributed by atoms with Crippen molar-refractivity contribution in [3.63, 3.8) is 0 Å². The summed E-state index contributed by atoms with van der Waals surface area (Å²) in [5.41, 5.74) is -1.21. The Hall–Kier alpha value is -0.360. The van der Waals surface area contributed by atoms with E-state index in [2.05, 4.69) is 5.10 Å². The van der Waals surface area contributed by atoms with Crippen LogP contribution in [0, 0.1) is 3.57 Å². The maximum Gasteiger partial charge on any atom is 0.436 e. The molecule has 0 aromatic carbocycles. The van der Waals surface area contributed by atoms with Crippen molar-refractivity contribution in [3.8, 4) is 0 Å². The van der Waals surface area contributed by atoms with Gasteiger partial charge in [-0.2, -0.15) is 35.1 Å². The zero-order valence-corrected chi connectivity index (χ0v) is 11.1. The molecule has 10 heteroatoms. The van der Waals surface area contributed by atoms with E-state index in [1.54, 1.807) is 0 Å². The average Bonchev–Trinajstić information content (AvgIpc) is 2.46. The lowest BCUT2D eigenvalue weighted by Gasteiger charge is -2.10. The van der Waals surface area contributed by atoms with Gasteiger partial charge in [0.2, 0.25) is 0 Å². The highest BCUT2D eigenvalue weighted by Gasteiger charge is 2.38. The van der Waals surface area contributed by atoms with Crippen LogP contribution in [0.3, 0.4) is 0 Å². The number of alkyl halides is 3. The Morgan fingerprint density at radius 3 is 2.25 bits per heavy atom. The molecule has 0 unspecified atom stereocenters. The van der Waals surface area contributed by atoms with E-state index in [1.165, 1.54) is 36.7 Å². The van der Waals surface area contributed by atoms with Crippen molar-refractivity contribution < 1.29 is 21.6 Å². The summed E-state index contributed by atoms with van der Waals surface area (Å²) in [6.07, 6.45) is -3.84. The molecule has 0 aliphatic heterocycles. The maximum absolute atomic E-state index is 12.4. The van der Waals surface area contributed by atoms with Gasteiger partial charge in [-0.3, -0.25) is 0 Å². The first-order valence-electron chi connectivity index (χ1n) is 3.82. The Balaban J connectivity index is 3.33. The molecule has 0 bridgehead atoms. The Morgan fingerprint density at radius 1 is 1.44 bits per heavy atom. The second-order valence-corrected chi connectivity index (χ2v) is 6.15. The van der Waals surface area contributed by atoms with E-state index < -0.39 is 22.1 Å². The van der Waals surface area contributed by atoms with E-state index in [0.29, 0.717) is 4.09 Å². The monoisotopic (exact) mass is 369 g/mol. The molecule has 0 atom stereocenters. The van der Waals surface area contributed by atoms with Gasteiger partial charge >= 0.3 is 16.4 Å². The van der Waals surface area contributed by atoms with Gasteiger partial charge in [0.1, 0.15) is 0 Å². The molecule has 0 saturated carbocycles. The smallest absolute Gasteiger partial charge is 0.189 e. The van der Waals surface area contributed by atoms with E-state index in [-0.39, 0.29) is 3.57 Å². The highest BCUT2D eigenvalue weighted by molar-refractivity contribution is 14.1. The first kappa shape index (κ1) is 13.7. The van der Waals surface area contributed by atoms with Crippen LogP contribution >= 0.6 is 22.6 Å². The molecule has 0 aliphatic carbocycles. The van der Waals surface area contributed by atoms with Crippen LogP contribution in [0.1, 0.15) is 5.69 Å². The number of rotatable bonds is 2. The molecule has 0 amide bonds. The highest BCUT2D eigenvalue weighted by atomic mass is 127. The van der Waals surface area contributed by atoms with Crippen LogP contribution < -0.4 is 0 Å². The molecule has 1 rings (SSSR count). The zero-order valence-electron chi connectivity index (χ0n) is 8.16. The lowest BCUT2D eigenvalue weighted by Crippen LogP contribution is -2.29. The van der Waals surface area contributed by atoms with Crippen molar-refractivity contribution in [1.29, 1.82) is 0 Å². The van der Waals surface area contributed by atoms with Crippen molar-refractivity contribution in [2.75, 3.05) is 14.1 Å². The van der Waals surface area contributed by atoms with Crippen molar-refractivity contribution in [1.82, 2.24) is 13.5 Å². The van der Waals surface area contributed by atoms with Gasteiger partial charge < -0.3 is 0 Å². The van der Waals surface area contributed by atoms with Gasteiger partial charge in [0.05, 0.1) is 9.77 Å². The normalized spacial score (nSPS) is 13.4. The Kier molecular flexibility index (Phi) is 3.55. The van der Waals surface area contributed by atoms with E-state index in [0.717, 1.165) is 10.5 Å². The number of halogens is 4. The summed E-state index contributed by atoms with van der Waals surface area (Å²) in [7, 11) is -1.59. The predicted molar refractivity (Wildman–Crippen MR) is 58.0 cm³/mol. The average molecular weight is 369 g/mol. The van der Waals surface area contributed by atoms with E-state index in [4.69, 9.17) is 0 Å². The second kappa shape index (κ2) is 4.14. The summed E-state index contributed by atoms with van der Waals surface area (Å²) in [6.45, 7) is 0. The molecule has 0 radical (unpaired) electrons. The molecule has 0 saturated heterocycles. The first-order chi connectivity index (χ1) is 7.06. The van der Waals surface area contributed by atoms with Gasteiger partial charge in [-0.25, -0.2) is 0 Å². The summed E-state index contributed by atoms with van der Waals surface area (Å²) < 4.78 is 60.9. The lowest BCUT2D eigenvalue weighted by atomic mass is 10.4. The molecule has 1 aromatic rings. The highest BCUT2D eigenvalue weighted by Crippen LogP contribution is 2.31. The van der Waals surface area contributed by atoms with E-state index in [9.17, 15) is 21.6 Å². The number of aromatic nitrogens is 2. The summed E-state index contributed by atoms with van der Waals surface area (Å²) >= 11 is 1.38. The third-order valence-electron chi connectivity index (χ3n) is 1.61. The van der Waals surface area contributed by atoms with Gasteiger partial charge in [0.25, 0.3) is 0 Å². The van der Waals surface area contributed by atoms with Crippen molar-refractivity contribution in [2.24, 2.45) is 0 Å². The van der Waals surface area contributed by atoms with Crippen LogP contribution in [-0.4, -0.2) is 36.0 Å². The summed E-state index contributed by atoms with van der Waals surface area (Å²) in [5.74, 6) is 0. The van der Waals surface area contributed by atoms with Crippen LogP contribution in [0.15, 0.2) is 6.20 Å². The van der Waals surface area contributed by atoms with Gasteiger partial charge in [0.15, 0.2) is 5.69 Å². The largest absolute Gasteiger partial charge is 0.436 e. The minimum absolute atomic E-state index is 0.268. The maximum atomic E-state index is 12.4. The Labute approximate surface area is 104 Å². The second-order valence-electron chi connectivity index (χ2n) is 2.99. The molecular weight excluding hydrogens is 362 g/mol. The molecule has 0 fully saturated rings. The molecule has 16 heavy (non-hydrogen) atoms. The molecular formula is C6H7F3IN3O2S. The van der Waals surface area contributed by atoms with Gasteiger partial charge in [-0.15, -0.1) is 0 Å². The van der Waals surface area contributed by atoms with Gasteiger partial charge in [-0.1, -0.05) is 0 Å². The van der Waals surface area contributed by atoms with Gasteiger partial charge in [-0.05, 0) is 22.6 Å². The molecule has 0 spiro atoms. The first-order valence-corrected chi connectivity index (χ1v) is 6.30. The lowest BCUT2D eigenvalue weighted by molar-refractivity contribution is -0.141. The fraction of sp³-hybridized carbons (Fsp3) is 0.500.